The molecule has 2 aromatic heterocycles. The summed E-state index contributed by atoms with van der Waals surface area (Å²) in [5.41, 5.74) is 1.84. The Labute approximate surface area is 170 Å². The second-order valence-corrected chi connectivity index (χ2v) is 9.27. The van der Waals surface area contributed by atoms with Crippen molar-refractivity contribution in [1.29, 1.82) is 0 Å². The van der Waals surface area contributed by atoms with Crippen molar-refractivity contribution in [2.24, 2.45) is 0 Å². The molecule has 0 saturated heterocycles. The third-order valence-corrected chi connectivity index (χ3v) is 7.52. The van der Waals surface area contributed by atoms with Crippen molar-refractivity contribution in [3.63, 3.8) is 0 Å². The zero-order chi connectivity index (χ0) is 20.1. The molecule has 0 unspecified atom stereocenters. The van der Waals surface area contributed by atoms with Gasteiger partial charge in [-0.15, -0.1) is 11.3 Å². The first-order valence-electron chi connectivity index (χ1n) is 9.27. The fourth-order valence-electron chi connectivity index (χ4n) is 2.92. The highest BCUT2D eigenvalue weighted by atomic mass is 32.2. The van der Waals surface area contributed by atoms with Crippen molar-refractivity contribution >= 4 is 21.4 Å². The first-order chi connectivity index (χ1) is 13.5. The molecule has 0 spiro atoms. The van der Waals surface area contributed by atoms with Crippen molar-refractivity contribution in [2.75, 3.05) is 13.1 Å². The number of aromatic nitrogens is 1. The van der Waals surface area contributed by atoms with E-state index in [1.165, 1.54) is 4.31 Å². The first-order valence-corrected chi connectivity index (χ1v) is 11.6. The van der Waals surface area contributed by atoms with Crippen LogP contribution >= 0.6 is 11.3 Å². The maximum Gasteiger partial charge on any atom is 0.243 e. The molecule has 0 aliphatic carbocycles. The van der Waals surface area contributed by atoms with Crippen LogP contribution in [-0.4, -0.2) is 30.8 Å². The smallest absolute Gasteiger partial charge is 0.243 e. The Balaban J connectivity index is 1.63. The number of thiophene rings is 1. The minimum Gasteiger partial charge on any atom is -0.444 e. The van der Waals surface area contributed by atoms with Gasteiger partial charge in [-0.3, -0.25) is 0 Å². The van der Waals surface area contributed by atoms with Crippen LogP contribution in [0.3, 0.4) is 0 Å². The van der Waals surface area contributed by atoms with Crippen LogP contribution in [0.25, 0.3) is 10.8 Å². The highest BCUT2D eigenvalue weighted by Crippen LogP contribution is 2.24. The van der Waals surface area contributed by atoms with E-state index in [0.29, 0.717) is 30.4 Å². The van der Waals surface area contributed by atoms with E-state index in [1.807, 2.05) is 50.4 Å². The molecule has 3 rings (SSSR count). The Bertz CT molecular complexity index is 976. The van der Waals surface area contributed by atoms with Gasteiger partial charge in [-0.25, -0.2) is 13.4 Å². The van der Waals surface area contributed by atoms with E-state index in [0.717, 1.165) is 16.1 Å². The molecule has 1 aromatic carbocycles. The van der Waals surface area contributed by atoms with Crippen molar-refractivity contribution in [3.8, 4) is 10.8 Å². The Hall–Kier alpha value is -2.00. The highest BCUT2D eigenvalue weighted by Gasteiger charge is 2.21. The molecule has 6 nitrogen and oxygen atoms in total. The Morgan fingerprint density at radius 2 is 1.89 bits per heavy atom. The summed E-state index contributed by atoms with van der Waals surface area (Å²) in [5.74, 6) is 0.630. The molecule has 0 radical (unpaired) electrons. The van der Waals surface area contributed by atoms with Crippen LogP contribution in [0.15, 0.2) is 57.4 Å². The summed E-state index contributed by atoms with van der Waals surface area (Å²) in [6.45, 7) is 7.21. The van der Waals surface area contributed by atoms with Crippen LogP contribution in [0.1, 0.15) is 38.1 Å². The molecule has 0 aliphatic heterocycles. The van der Waals surface area contributed by atoms with E-state index in [4.69, 9.17) is 4.42 Å². The largest absolute Gasteiger partial charge is 0.444 e. The van der Waals surface area contributed by atoms with E-state index in [1.54, 1.807) is 29.7 Å². The highest BCUT2D eigenvalue weighted by molar-refractivity contribution is 7.89. The number of nitrogens with one attached hydrogen (secondary N) is 1. The van der Waals surface area contributed by atoms with Crippen LogP contribution in [0, 0.1) is 0 Å². The van der Waals surface area contributed by atoms with Gasteiger partial charge in [0, 0.05) is 25.7 Å². The maximum absolute atomic E-state index is 12.6. The van der Waals surface area contributed by atoms with Crippen molar-refractivity contribution in [1.82, 2.24) is 14.6 Å². The monoisotopic (exact) mass is 419 g/mol. The average molecular weight is 420 g/mol. The van der Waals surface area contributed by atoms with E-state index >= 15 is 0 Å². The fraction of sp³-hybridized carbons (Fsp3) is 0.350. The molecule has 2 heterocycles. The van der Waals surface area contributed by atoms with Gasteiger partial charge in [-0.05, 0) is 36.1 Å². The number of hydrogen-bond acceptors (Lipinski definition) is 6. The van der Waals surface area contributed by atoms with Gasteiger partial charge in [0.1, 0.15) is 6.26 Å². The lowest BCUT2D eigenvalue weighted by molar-refractivity contribution is 0.445. The Morgan fingerprint density at radius 1 is 1.18 bits per heavy atom. The summed E-state index contributed by atoms with van der Waals surface area (Å²) in [7, 11) is -3.43. The number of benzene rings is 1. The fourth-order valence-corrected chi connectivity index (χ4v) is 5.03. The van der Waals surface area contributed by atoms with Gasteiger partial charge in [0.2, 0.25) is 15.9 Å². The van der Waals surface area contributed by atoms with Crippen LogP contribution in [-0.2, 0) is 16.6 Å². The van der Waals surface area contributed by atoms with Gasteiger partial charge in [0.15, 0.2) is 0 Å². The van der Waals surface area contributed by atoms with Crippen LogP contribution in [0.2, 0.25) is 0 Å². The molecule has 28 heavy (non-hydrogen) atoms. The summed E-state index contributed by atoms with van der Waals surface area (Å²) in [5, 5.41) is 5.39. The molecule has 1 N–H and O–H groups in total. The van der Waals surface area contributed by atoms with Crippen molar-refractivity contribution in [3.05, 3.63) is 59.3 Å². The molecular formula is C20H25N3O3S2. The van der Waals surface area contributed by atoms with E-state index in [2.05, 4.69) is 10.3 Å². The summed E-state index contributed by atoms with van der Waals surface area (Å²) in [6.07, 6.45) is 1.66. The lowest BCUT2D eigenvalue weighted by Crippen LogP contribution is -2.30. The molecule has 1 atom stereocenters. The zero-order valence-corrected chi connectivity index (χ0v) is 17.9. The van der Waals surface area contributed by atoms with Crippen molar-refractivity contribution < 1.29 is 12.8 Å². The minimum absolute atomic E-state index is 0.0482. The third kappa shape index (κ3) is 4.52. The third-order valence-electron chi connectivity index (χ3n) is 4.60. The van der Waals surface area contributed by atoms with Gasteiger partial charge in [0.05, 0.1) is 15.5 Å². The lowest BCUT2D eigenvalue weighted by Gasteiger charge is -2.19. The average Bonchev–Trinajstić information content (AvgIpc) is 3.38. The van der Waals surface area contributed by atoms with Gasteiger partial charge < -0.3 is 9.73 Å². The predicted octanol–water partition coefficient (Wildman–Crippen LogP) is 4.28. The standard InChI is InChI=1S/C20H25N3O3S2/c1-4-23(5-2)28(24,25)18-10-8-16(9-11-18)15(3)21-13-17-14-26-20(22-17)19-7-6-12-27-19/h6-12,14-15,21H,4-5,13H2,1-3H3/t15-/m1/s1. The van der Waals surface area contributed by atoms with Gasteiger partial charge >= 0.3 is 0 Å². The van der Waals surface area contributed by atoms with Crippen LogP contribution < -0.4 is 5.32 Å². The molecule has 150 valence electrons. The molecule has 3 aromatic rings. The van der Waals surface area contributed by atoms with E-state index in [9.17, 15) is 8.42 Å². The lowest BCUT2D eigenvalue weighted by atomic mass is 10.1. The van der Waals surface area contributed by atoms with Crippen LogP contribution in [0.4, 0.5) is 0 Å². The second kappa shape index (κ2) is 9.00. The summed E-state index contributed by atoms with van der Waals surface area (Å²) in [4.78, 5) is 5.83. The van der Waals surface area contributed by atoms with Gasteiger partial charge in [-0.1, -0.05) is 32.0 Å². The number of rotatable bonds is 9. The van der Waals surface area contributed by atoms with E-state index < -0.39 is 10.0 Å². The molecule has 0 saturated carbocycles. The number of oxazole rings is 1. The predicted molar refractivity (Wildman–Crippen MR) is 112 cm³/mol. The van der Waals surface area contributed by atoms with Gasteiger partial charge in [-0.2, -0.15) is 4.31 Å². The second-order valence-electron chi connectivity index (χ2n) is 6.38. The molecular weight excluding hydrogens is 394 g/mol. The summed E-state index contributed by atoms with van der Waals surface area (Å²) in [6, 6.07) is 11.0. The SMILES string of the molecule is CCN(CC)S(=O)(=O)c1ccc([C@@H](C)NCc2coc(-c3cccs3)n2)cc1. The van der Waals surface area contributed by atoms with Crippen molar-refractivity contribution in [2.45, 2.75) is 38.3 Å². The quantitative estimate of drug-likeness (QED) is 0.560. The molecule has 0 bridgehead atoms. The minimum atomic E-state index is -3.43. The first kappa shape index (κ1) is 20.7. The summed E-state index contributed by atoms with van der Waals surface area (Å²) >= 11 is 1.59. The molecule has 0 amide bonds. The van der Waals surface area contributed by atoms with Crippen LogP contribution in [0.5, 0.6) is 0 Å². The normalized spacial score (nSPS) is 13.1. The molecule has 8 heteroatoms. The topological polar surface area (TPSA) is 75.4 Å². The number of nitrogens with zero attached hydrogens (tertiary/aromatic N) is 2. The molecule has 0 fully saturated rings. The number of hydrogen-bond donors (Lipinski definition) is 1. The molecule has 0 aliphatic rings. The number of sulfonamides is 1. The van der Waals surface area contributed by atoms with Gasteiger partial charge in [0.25, 0.3) is 0 Å². The summed E-state index contributed by atoms with van der Waals surface area (Å²) < 4.78 is 32.1. The zero-order valence-electron chi connectivity index (χ0n) is 16.3. The Morgan fingerprint density at radius 3 is 2.50 bits per heavy atom. The maximum atomic E-state index is 12.6. The van der Waals surface area contributed by atoms with E-state index in [-0.39, 0.29) is 6.04 Å². The Kier molecular flexibility index (Phi) is 6.66.